The van der Waals surface area contributed by atoms with E-state index in [1.807, 2.05) is 0 Å². The molecular formula is C16H23BrO6. The molecular weight excluding hydrogens is 368 g/mol. The quantitative estimate of drug-likeness (QED) is 0.247. The average Bonchev–Trinajstić information content (AvgIpc) is 2.45. The molecule has 0 aromatic heterocycles. The van der Waals surface area contributed by atoms with Crippen molar-refractivity contribution in [1.82, 2.24) is 0 Å². The predicted molar refractivity (Wildman–Crippen MR) is 88.8 cm³/mol. The molecule has 0 radical (unpaired) electrons. The minimum absolute atomic E-state index is 0.0442. The lowest BCUT2D eigenvalue weighted by Crippen LogP contribution is -2.42. The van der Waals surface area contributed by atoms with Gasteiger partial charge in [-0.3, -0.25) is 14.4 Å². The van der Waals surface area contributed by atoms with Crippen molar-refractivity contribution >= 4 is 33.8 Å². The SMILES string of the molecule is C=C(Br)CC(C/C=C/COC(C)=O)(C(=O)OCC)C(=O)OCC. The molecule has 0 amide bonds. The second kappa shape index (κ2) is 11.0. The lowest BCUT2D eigenvalue weighted by molar-refractivity contribution is -0.171. The summed E-state index contributed by atoms with van der Waals surface area (Å²) in [6.45, 7) is 8.67. The van der Waals surface area contributed by atoms with E-state index < -0.39 is 23.3 Å². The molecule has 0 spiro atoms. The second-order valence-corrected chi connectivity index (χ2v) is 5.82. The smallest absolute Gasteiger partial charge is 0.324 e. The third-order valence-corrected chi connectivity index (χ3v) is 3.12. The highest BCUT2D eigenvalue weighted by atomic mass is 79.9. The van der Waals surface area contributed by atoms with Crippen molar-refractivity contribution in [2.75, 3.05) is 19.8 Å². The molecule has 0 atom stereocenters. The topological polar surface area (TPSA) is 78.9 Å². The van der Waals surface area contributed by atoms with E-state index in [2.05, 4.69) is 22.5 Å². The first-order valence-corrected chi connectivity index (χ1v) is 8.05. The first-order chi connectivity index (χ1) is 10.8. The normalized spacial score (nSPS) is 11.1. The van der Waals surface area contributed by atoms with Crippen LogP contribution in [0.5, 0.6) is 0 Å². The summed E-state index contributed by atoms with van der Waals surface area (Å²) < 4.78 is 15.3. The largest absolute Gasteiger partial charge is 0.465 e. The summed E-state index contributed by atoms with van der Waals surface area (Å²) in [5.41, 5.74) is -1.51. The molecule has 0 aromatic carbocycles. The maximum Gasteiger partial charge on any atom is 0.324 e. The number of halogens is 1. The monoisotopic (exact) mass is 390 g/mol. The van der Waals surface area contributed by atoms with Gasteiger partial charge in [0, 0.05) is 13.3 Å². The minimum Gasteiger partial charge on any atom is -0.465 e. The van der Waals surface area contributed by atoms with Gasteiger partial charge < -0.3 is 14.2 Å². The van der Waals surface area contributed by atoms with E-state index in [0.717, 1.165) is 0 Å². The summed E-state index contributed by atoms with van der Waals surface area (Å²) in [6, 6.07) is 0. The number of esters is 3. The highest BCUT2D eigenvalue weighted by Crippen LogP contribution is 2.35. The van der Waals surface area contributed by atoms with E-state index in [9.17, 15) is 14.4 Å². The molecule has 0 aromatic rings. The third kappa shape index (κ3) is 7.45. The fourth-order valence-corrected chi connectivity index (χ4v) is 2.33. The van der Waals surface area contributed by atoms with Crippen molar-refractivity contribution in [1.29, 1.82) is 0 Å². The van der Waals surface area contributed by atoms with Gasteiger partial charge in [-0.15, -0.1) is 0 Å². The molecule has 0 aliphatic carbocycles. The second-order valence-electron chi connectivity index (χ2n) is 4.70. The fraction of sp³-hybridized carbons (Fsp3) is 0.562. The average molecular weight is 391 g/mol. The summed E-state index contributed by atoms with van der Waals surface area (Å²) in [5.74, 6) is -1.75. The van der Waals surface area contributed by atoms with Gasteiger partial charge in [-0.05, 0) is 24.8 Å². The standard InChI is InChI=1S/C16H23BrO6/c1-5-21-14(19)16(11-12(3)17,15(20)22-6-2)9-7-8-10-23-13(4)18/h7-8H,3,5-6,9-11H2,1-2,4H3/b8-7+. The van der Waals surface area contributed by atoms with Crippen molar-refractivity contribution < 1.29 is 28.6 Å². The van der Waals surface area contributed by atoms with Gasteiger partial charge >= 0.3 is 17.9 Å². The van der Waals surface area contributed by atoms with E-state index in [4.69, 9.17) is 14.2 Å². The third-order valence-electron chi connectivity index (χ3n) is 2.84. The van der Waals surface area contributed by atoms with Crippen LogP contribution in [0.1, 0.15) is 33.6 Å². The van der Waals surface area contributed by atoms with Crippen LogP contribution in [0.4, 0.5) is 0 Å². The molecule has 0 heterocycles. The van der Waals surface area contributed by atoms with Gasteiger partial charge in [0.1, 0.15) is 6.61 Å². The van der Waals surface area contributed by atoms with Gasteiger partial charge in [-0.1, -0.05) is 34.7 Å². The van der Waals surface area contributed by atoms with Gasteiger partial charge in [0.2, 0.25) is 0 Å². The van der Waals surface area contributed by atoms with Crippen LogP contribution in [0.2, 0.25) is 0 Å². The number of hydrogen-bond donors (Lipinski definition) is 0. The van der Waals surface area contributed by atoms with Crippen LogP contribution in [0.25, 0.3) is 0 Å². The summed E-state index contributed by atoms with van der Waals surface area (Å²) in [7, 11) is 0. The zero-order chi connectivity index (χ0) is 17.9. The summed E-state index contributed by atoms with van der Waals surface area (Å²) in [5, 5.41) is 0. The molecule has 0 N–H and O–H groups in total. The Hall–Kier alpha value is -1.63. The molecule has 6 nitrogen and oxygen atoms in total. The lowest BCUT2D eigenvalue weighted by atomic mass is 9.80. The Kier molecular flexibility index (Phi) is 10.2. The Balaban J connectivity index is 5.34. The van der Waals surface area contributed by atoms with Gasteiger partial charge in [0.15, 0.2) is 5.41 Å². The molecule has 0 bridgehead atoms. The predicted octanol–water partition coefficient (Wildman–Crippen LogP) is 2.91. The van der Waals surface area contributed by atoms with Gasteiger partial charge in [-0.2, -0.15) is 0 Å². The zero-order valence-corrected chi connectivity index (χ0v) is 15.3. The van der Waals surface area contributed by atoms with Crippen LogP contribution in [0.15, 0.2) is 23.2 Å². The number of allylic oxidation sites excluding steroid dienone is 2. The zero-order valence-electron chi connectivity index (χ0n) is 13.7. The maximum absolute atomic E-state index is 12.4. The molecule has 0 fully saturated rings. The molecule has 0 aliphatic heterocycles. The molecule has 0 aliphatic rings. The van der Waals surface area contributed by atoms with Crippen LogP contribution < -0.4 is 0 Å². The van der Waals surface area contributed by atoms with Gasteiger partial charge in [0.25, 0.3) is 0 Å². The number of ether oxygens (including phenoxy) is 3. The van der Waals surface area contributed by atoms with Crippen molar-refractivity contribution in [2.45, 2.75) is 33.6 Å². The first-order valence-electron chi connectivity index (χ1n) is 7.26. The Labute approximate surface area is 145 Å². The highest BCUT2D eigenvalue weighted by Gasteiger charge is 2.48. The molecule has 0 saturated heterocycles. The van der Waals surface area contributed by atoms with Crippen LogP contribution in [-0.2, 0) is 28.6 Å². The van der Waals surface area contributed by atoms with Crippen molar-refractivity contribution in [3.8, 4) is 0 Å². The Bertz CT molecular complexity index is 451. The van der Waals surface area contributed by atoms with Crippen molar-refractivity contribution in [3.05, 3.63) is 23.2 Å². The minimum atomic E-state index is -1.51. The Morgan fingerprint density at radius 1 is 1.04 bits per heavy atom. The van der Waals surface area contributed by atoms with Crippen LogP contribution in [-0.4, -0.2) is 37.7 Å². The summed E-state index contributed by atoms with van der Waals surface area (Å²) in [4.78, 5) is 35.5. The highest BCUT2D eigenvalue weighted by molar-refractivity contribution is 9.11. The van der Waals surface area contributed by atoms with E-state index in [-0.39, 0.29) is 32.7 Å². The van der Waals surface area contributed by atoms with Crippen LogP contribution in [0.3, 0.4) is 0 Å². The molecule has 0 saturated carbocycles. The molecule has 130 valence electrons. The van der Waals surface area contributed by atoms with Crippen molar-refractivity contribution in [3.63, 3.8) is 0 Å². The van der Waals surface area contributed by atoms with Crippen molar-refractivity contribution in [2.24, 2.45) is 5.41 Å². The molecule has 7 heteroatoms. The van der Waals surface area contributed by atoms with E-state index in [1.54, 1.807) is 26.0 Å². The number of rotatable bonds is 10. The van der Waals surface area contributed by atoms with E-state index >= 15 is 0 Å². The summed E-state index contributed by atoms with van der Waals surface area (Å²) in [6.07, 6.45) is 3.25. The fourth-order valence-electron chi connectivity index (χ4n) is 1.85. The molecule has 0 rings (SSSR count). The number of hydrogen-bond acceptors (Lipinski definition) is 6. The van der Waals surface area contributed by atoms with Gasteiger partial charge in [0.05, 0.1) is 13.2 Å². The molecule has 23 heavy (non-hydrogen) atoms. The van der Waals surface area contributed by atoms with Gasteiger partial charge in [-0.25, -0.2) is 0 Å². The van der Waals surface area contributed by atoms with E-state index in [1.165, 1.54) is 6.92 Å². The lowest BCUT2D eigenvalue weighted by Gasteiger charge is -2.27. The number of carbonyl (C=O) groups is 3. The maximum atomic E-state index is 12.4. The first kappa shape index (κ1) is 21.4. The number of carbonyl (C=O) groups excluding carboxylic acids is 3. The van der Waals surface area contributed by atoms with Crippen LogP contribution in [0, 0.1) is 5.41 Å². The Morgan fingerprint density at radius 3 is 1.96 bits per heavy atom. The van der Waals surface area contributed by atoms with E-state index in [0.29, 0.717) is 4.48 Å². The molecule has 0 unspecified atom stereocenters. The Morgan fingerprint density at radius 2 is 1.57 bits per heavy atom. The van der Waals surface area contributed by atoms with Crippen LogP contribution >= 0.6 is 15.9 Å². The summed E-state index contributed by atoms with van der Waals surface area (Å²) >= 11 is 3.19.